The number of hydrogen-bond donors (Lipinski definition) is 2. The number of aromatic nitrogens is 1. The molecule has 2 amide bonds. The van der Waals surface area contributed by atoms with Crippen LogP contribution in [0.15, 0.2) is 83.4 Å². The first-order chi connectivity index (χ1) is 16.0. The van der Waals surface area contributed by atoms with Crippen LogP contribution in [0, 0.1) is 11.6 Å². The maximum Gasteiger partial charge on any atom is 0.274 e. The molecule has 0 atom stereocenters. The Morgan fingerprint density at radius 3 is 2.48 bits per heavy atom. The molecule has 2 aromatic carbocycles. The van der Waals surface area contributed by atoms with E-state index in [2.05, 4.69) is 15.6 Å². The van der Waals surface area contributed by atoms with Crippen molar-refractivity contribution >= 4 is 23.2 Å². The Balaban J connectivity index is 1.40. The van der Waals surface area contributed by atoms with E-state index in [0.29, 0.717) is 17.1 Å². The number of halogens is 2. The molecule has 4 rings (SSSR count). The van der Waals surface area contributed by atoms with Crippen molar-refractivity contribution in [3.05, 3.63) is 102 Å². The van der Waals surface area contributed by atoms with E-state index in [1.54, 1.807) is 42.5 Å². The lowest BCUT2D eigenvalue weighted by Crippen LogP contribution is -2.17. The van der Waals surface area contributed by atoms with Gasteiger partial charge in [0.05, 0.1) is 16.9 Å². The standard InChI is InChI=1S/C25H19F2N3O3/c26-16-8-11-20(30-25(32)21-7-3-4-14-28-21)22(15-16)29-24(31)13-10-17-9-12-23(33-17)18-5-1-2-6-19(18)27/h1-9,11-12,14-15H,10,13H2,(H,29,31)(H,30,32). The SMILES string of the molecule is O=C(CCc1ccc(-c2ccccc2F)o1)Nc1cc(F)ccc1NC(=O)c1ccccn1. The third-order valence-electron chi connectivity index (χ3n) is 4.80. The molecular weight excluding hydrogens is 428 g/mol. The predicted octanol–water partition coefficient (Wildman–Crippen LogP) is 5.44. The van der Waals surface area contributed by atoms with Gasteiger partial charge in [-0.15, -0.1) is 0 Å². The van der Waals surface area contributed by atoms with Crippen LogP contribution < -0.4 is 10.6 Å². The molecule has 33 heavy (non-hydrogen) atoms. The lowest BCUT2D eigenvalue weighted by atomic mass is 10.1. The van der Waals surface area contributed by atoms with Gasteiger partial charge < -0.3 is 15.1 Å². The maximum absolute atomic E-state index is 13.9. The van der Waals surface area contributed by atoms with Gasteiger partial charge in [0, 0.05) is 19.0 Å². The van der Waals surface area contributed by atoms with E-state index in [4.69, 9.17) is 4.42 Å². The summed E-state index contributed by atoms with van der Waals surface area (Å²) >= 11 is 0. The first-order valence-electron chi connectivity index (χ1n) is 10.1. The number of hydrogen-bond acceptors (Lipinski definition) is 4. The Kier molecular flexibility index (Phi) is 6.54. The van der Waals surface area contributed by atoms with Crippen LogP contribution in [0.3, 0.4) is 0 Å². The number of amides is 2. The Hall–Kier alpha value is -4.33. The van der Waals surface area contributed by atoms with Gasteiger partial charge in [-0.05, 0) is 54.6 Å². The van der Waals surface area contributed by atoms with E-state index < -0.39 is 23.4 Å². The van der Waals surface area contributed by atoms with Gasteiger partial charge in [0.15, 0.2) is 0 Å². The summed E-state index contributed by atoms with van der Waals surface area (Å²) in [5.41, 5.74) is 0.875. The minimum Gasteiger partial charge on any atom is -0.461 e. The summed E-state index contributed by atoms with van der Waals surface area (Å²) in [6.45, 7) is 0. The van der Waals surface area contributed by atoms with Crippen molar-refractivity contribution in [1.29, 1.82) is 0 Å². The zero-order chi connectivity index (χ0) is 23.2. The number of carbonyl (C=O) groups is 2. The van der Waals surface area contributed by atoms with Crippen molar-refractivity contribution < 1.29 is 22.8 Å². The van der Waals surface area contributed by atoms with Crippen LogP contribution in [0.25, 0.3) is 11.3 Å². The summed E-state index contributed by atoms with van der Waals surface area (Å²) in [5, 5.41) is 5.23. The molecule has 8 heteroatoms. The second-order valence-corrected chi connectivity index (χ2v) is 7.15. The van der Waals surface area contributed by atoms with Gasteiger partial charge in [0.25, 0.3) is 5.91 Å². The smallest absolute Gasteiger partial charge is 0.274 e. The van der Waals surface area contributed by atoms with Gasteiger partial charge in [-0.1, -0.05) is 18.2 Å². The number of furan rings is 1. The average molecular weight is 447 g/mol. The summed E-state index contributed by atoms with van der Waals surface area (Å²) in [4.78, 5) is 28.8. The highest BCUT2D eigenvalue weighted by molar-refractivity contribution is 6.06. The fourth-order valence-electron chi connectivity index (χ4n) is 3.18. The number of rotatable bonds is 7. The van der Waals surface area contributed by atoms with Crippen LogP contribution in [0.1, 0.15) is 22.7 Å². The molecule has 0 saturated carbocycles. The fourth-order valence-corrected chi connectivity index (χ4v) is 3.18. The topological polar surface area (TPSA) is 84.2 Å². The Morgan fingerprint density at radius 2 is 1.70 bits per heavy atom. The van der Waals surface area contributed by atoms with Crippen LogP contribution in [-0.2, 0) is 11.2 Å². The summed E-state index contributed by atoms with van der Waals surface area (Å²) in [6, 6.07) is 18.1. The maximum atomic E-state index is 13.9. The highest BCUT2D eigenvalue weighted by atomic mass is 19.1. The molecule has 0 aliphatic rings. The van der Waals surface area contributed by atoms with Crippen LogP contribution in [0.2, 0.25) is 0 Å². The Morgan fingerprint density at radius 1 is 0.879 bits per heavy atom. The Labute approximate surface area is 188 Å². The zero-order valence-corrected chi connectivity index (χ0v) is 17.3. The van der Waals surface area contributed by atoms with Gasteiger partial charge in [-0.3, -0.25) is 14.6 Å². The number of pyridine rings is 1. The molecule has 2 N–H and O–H groups in total. The third-order valence-corrected chi connectivity index (χ3v) is 4.80. The summed E-state index contributed by atoms with van der Waals surface area (Å²) in [5.74, 6) is -0.990. The lowest BCUT2D eigenvalue weighted by Gasteiger charge is -2.12. The van der Waals surface area contributed by atoms with E-state index in [1.807, 2.05) is 0 Å². The average Bonchev–Trinajstić information content (AvgIpc) is 3.29. The monoisotopic (exact) mass is 447 g/mol. The molecule has 0 spiro atoms. The van der Waals surface area contributed by atoms with Crippen LogP contribution >= 0.6 is 0 Å². The largest absolute Gasteiger partial charge is 0.461 e. The van der Waals surface area contributed by atoms with Gasteiger partial charge in [-0.25, -0.2) is 8.78 Å². The zero-order valence-electron chi connectivity index (χ0n) is 17.3. The summed E-state index contributed by atoms with van der Waals surface area (Å²) in [6.07, 6.45) is 1.77. The van der Waals surface area contributed by atoms with Crippen molar-refractivity contribution in [3.63, 3.8) is 0 Å². The molecule has 2 aromatic heterocycles. The number of anilines is 2. The minimum atomic E-state index is -0.568. The number of aryl methyl sites for hydroxylation is 1. The molecule has 0 saturated heterocycles. The third kappa shape index (κ3) is 5.48. The Bertz CT molecular complexity index is 1290. The van der Waals surface area contributed by atoms with E-state index in [1.165, 1.54) is 30.5 Å². The molecule has 0 unspecified atom stereocenters. The second-order valence-electron chi connectivity index (χ2n) is 7.15. The van der Waals surface area contributed by atoms with Crippen molar-refractivity contribution in [2.75, 3.05) is 10.6 Å². The predicted molar refractivity (Wildman–Crippen MR) is 120 cm³/mol. The first kappa shape index (κ1) is 21.9. The fraction of sp³-hybridized carbons (Fsp3) is 0.0800. The number of nitrogens with zero attached hydrogens (tertiary/aromatic N) is 1. The van der Waals surface area contributed by atoms with Crippen molar-refractivity contribution in [1.82, 2.24) is 4.98 Å². The minimum absolute atomic E-state index is 0.0361. The van der Waals surface area contributed by atoms with Gasteiger partial charge in [0.1, 0.15) is 28.8 Å². The number of benzene rings is 2. The number of carbonyl (C=O) groups excluding carboxylic acids is 2. The van der Waals surface area contributed by atoms with Crippen LogP contribution in [-0.4, -0.2) is 16.8 Å². The van der Waals surface area contributed by atoms with Crippen LogP contribution in [0.4, 0.5) is 20.2 Å². The summed E-state index contributed by atoms with van der Waals surface area (Å²) in [7, 11) is 0. The van der Waals surface area contributed by atoms with E-state index in [-0.39, 0.29) is 29.9 Å². The first-order valence-corrected chi connectivity index (χ1v) is 10.1. The molecule has 0 bridgehead atoms. The highest BCUT2D eigenvalue weighted by Gasteiger charge is 2.14. The van der Waals surface area contributed by atoms with Gasteiger partial charge in [-0.2, -0.15) is 0 Å². The number of nitrogens with one attached hydrogen (secondary N) is 2. The van der Waals surface area contributed by atoms with E-state index in [0.717, 1.165) is 6.07 Å². The van der Waals surface area contributed by atoms with Crippen LogP contribution in [0.5, 0.6) is 0 Å². The van der Waals surface area contributed by atoms with Crippen molar-refractivity contribution in [2.24, 2.45) is 0 Å². The molecule has 4 aromatic rings. The molecule has 0 aliphatic carbocycles. The van der Waals surface area contributed by atoms with Crippen molar-refractivity contribution in [3.8, 4) is 11.3 Å². The molecule has 2 heterocycles. The van der Waals surface area contributed by atoms with Crippen molar-refractivity contribution in [2.45, 2.75) is 12.8 Å². The molecular formula is C25H19F2N3O3. The highest BCUT2D eigenvalue weighted by Crippen LogP contribution is 2.26. The summed E-state index contributed by atoms with van der Waals surface area (Å²) < 4.78 is 33.4. The normalized spacial score (nSPS) is 10.6. The molecule has 6 nitrogen and oxygen atoms in total. The van der Waals surface area contributed by atoms with Gasteiger partial charge >= 0.3 is 0 Å². The quantitative estimate of drug-likeness (QED) is 0.395. The molecule has 166 valence electrons. The lowest BCUT2D eigenvalue weighted by molar-refractivity contribution is -0.116. The van der Waals surface area contributed by atoms with E-state index >= 15 is 0 Å². The van der Waals surface area contributed by atoms with Gasteiger partial charge in [0.2, 0.25) is 5.91 Å². The molecule has 0 fully saturated rings. The van der Waals surface area contributed by atoms with E-state index in [9.17, 15) is 18.4 Å². The second kappa shape index (κ2) is 9.86. The molecule has 0 radical (unpaired) electrons. The molecule has 0 aliphatic heterocycles.